The summed E-state index contributed by atoms with van der Waals surface area (Å²) in [6, 6.07) is 7.65. The van der Waals surface area contributed by atoms with Gasteiger partial charge in [0.1, 0.15) is 11.2 Å². The lowest BCUT2D eigenvalue weighted by atomic mass is 10.2. The lowest BCUT2D eigenvalue weighted by Gasteiger charge is -2.12. The molecule has 7 nitrogen and oxygen atoms in total. The van der Waals surface area contributed by atoms with Crippen LogP contribution < -0.4 is 5.56 Å². The first-order valence-corrected chi connectivity index (χ1v) is 9.34. The Hall–Kier alpha value is -2.39. The molecule has 9 heteroatoms. The van der Waals surface area contributed by atoms with Crippen LogP contribution in [-0.4, -0.2) is 30.5 Å². The highest BCUT2D eigenvalue weighted by Gasteiger charge is 2.30. The van der Waals surface area contributed by atoms with E-state index >= 15 is 0 Å². The molecule has 0 unspecified atom stereocenters. The second-order valence-corrected chi connectivity index (χ2v) is 7.89. The summed E-state index contributed by atoms with van der Waals surface area (Å²) in [5.74, 6) is -0.861. The number of hydrogen-bond donors (Lipinski definition) is 1. The van der Waals surface area contributed by atoms with Gasteiger partial charge in [-0.25, -0.2) is 17.2 Å². The number of esters is 1. The van der Waals surface area contributed by atoms with Crippen molar-refractivity contribution in [1.29, 1.82) is 0 Å². The molecule has 0 saturated heterocycles. The number of methoxy groups -OCH3 is 1. The number of pyridine rings is 1. The van der Waals surface area contributed by atoms with Gasteiger partial charge in [-0.05, 0) is 40.5 Å². The molecule has 0 radical (unpaired) electrons. The van der Waals surface area contributed by atoms with Gasteiger partial charge in [0.2, 0.25) is 0 Å². The van der Waals surface area contributed by atoms with E-state index in [9.17, 15) is 18.0 Å². The van der Waals surface area contributed by atoms with E-state index in [1.807, 2.05) is 0 Å². The molecule has 0 bridgehead atoms. The van der Waals surface area contributed by atoms with Crippen LogP contribution in [0.1, 0.15) is 16.1 Å². The van der Waals surface area contributed by atoms with Crippen LogP contribution in [0.5, 0.6) is 0 Å². The molecule has 0 amide bonds. The highest BCUT2D eigenvalue weighted by molar-refractivity contribution is 9.10. The number of H-pyrrole nitrogens is 1. The number of halogens is 1. The lowest BCUT2D eigenvalue weighted by Crippen LogP contribution is -2.23. The van der Waals surface area contributed by atoms with Crippen LogP contribution in [0.3, 0.4) is 0 Å². The van der Waals surface area contributed by atoms with Gasteiger partial charge in [-0.3, -0.25) is 4.79 Å². The summed E-state index contributed by atoms with van der Waals surface area (Å²) < 4.78 is 32.3. The zero-order valence-electron chi connectivity index (χ0n) is 13.2. The number of aromatic nitrogens is 2. The molecule has 2 aromatic heterocycles. The van der Waals surface area contributed by atoms with Crippen LogP contribution in [0, 0.1) is 6.92 Å². The topological polar surface area (TPSA) is 98.2 Å². The van der Waals surface area contributed by atoms with Crippen molar-refractivity contribution in [3.63, 3.8) is 0 Å². The number of aryl methyl sites for hydroxylation is 1. The SMILES string of the molecule is COC(=O)c1cc2c(Br)c[nH]c(=O)c2n1S(=O)(=O)c1ccccc1C. The van der Waals surface area contributed by atoms with Gasteiger partial charge in [-0.1, -0.05) is 18.2 Å². The number of carbonyl (C=O) groups is 1. The van der Waals surface area contributed by atoms with Crippen LogP contribution >= 0.6 is 15.9 Å². The van der Waals surface area contributed by atoms with E-state index in [2.05, 4.69) is 20.9 Å². The molecule has 0 aliphatic carbocycles. The fourth-order valence-corrected chi connectivity index (χ4v) is 4.75. The van der Waals surface area contributed by atoms with Gasteiger partial charge >= 0.3 is 5.97 Å². The number of nitrogens with zero attached hydrogens (tertiary/aromatic N) is 1. The number of aromatic amines is 1. The van der Waals surface area contributed by atoms with Crippen molar-refractivity contribution in [2.24, 2.45) is 0 Å². The molecular weight excluding hydrogens is 412 g/mol. The molecule has 3 aromatic rings. The van der Waals surface area contributed by atoms with Crippen molar-refractivity contribution in [3.8, 4) is 0 Å². The molecular formula is C16H13BrN2O5S. The second kappa shape index (κ2) is 6.16. The minimum atomic E-state index is -4.20. The van der Waals surface area contributed by atoms with E-state index in [0.717, 1.165) is 11.1 Å². The Bertz CT molecular complexity index is 1160. The summed E-state index contributed by atoms with van der Waals surface area (Å²) in [6.07, 6.45) is 1.39. The molecule has 0 saturated carbocycles. The maximum Gasteiger partial charge on any atom is 0.355 e. The third kappa shape index (κ3) is 2.69. The summed E-state index contributed by atoms with van der Waals surface area (Å²) in [7, 11) is -3.06. The Morgan fingerprint density at radius 2 is 1.96 bits per heavy atom. The second-order valence-electron chi connectivity index (χ2n) is 5.28. The van der Waals surface area contributed by atoms with Gasteiger partial charge in [0.05, 0.1) is 12.0 Å². The molecule has 0 aliphatic rings. The van der Waals surface area contributed by atoms with E-state index in [4.69, 9.17) is 4.74 Å². The van der Waals surface area contributed by atoms with E-state index in [0.29, 0.717) is 15.4 Å². The number of nitrogens with one attached hydrogen (secondary N) is 1. The number of carbonyl (C=O) groups excluding carboxylic acids is 1. The summed E-state index contributed by atoms with van der Waals surface area (Å²) in [5.41, 5.74) is -0.548. The Morgan fingerprint density at radius 1 is 1.28 bits per heavy atom. The van der Waals surface area contributed by atoms with Crippen LogP contribution in [0.15, 0.2) is 50.7 Å². The van der Waals surface area contributed by atoms with E-state index in [1.165, 1.54) is 18.3 Å². The highest BCUT2D eigenvalue weighted by atomic mass is 79.9. The fourth-order valence-electron chi connectivity index (χ4n) is 2.61. The van der Waals surface area contributed by atoms with E-state index in [-0.39, 0.29) is 16.1 Å². The molecule has 3 rings (SSSR count). The van der Waals surface area contributed by atoms with Gasteiger partial charge in [0.25, 0.3) is 15.6 Å². The molecule has 1 N–H and O–H groups in total. The van der Waals surface area contributed by atoms with Crippen LogP contribution in [0.4, 0.5) is 0 Å². The Labute approximate surface area is 151 Å². The van der Waals surface area contributed by atoms with Crippen molar-refractivity contribution < 1.29 is 17.9 Å². The average Bonchev–Trinajstić information content (AvgIpc) is 3.00. The van der Waals surface area contributed by atoms with Crippen molar-refractivity contribution in [1.82, 2.24) is 8.96 Å². The molecule has 0 atom stereocenters. The minimum Gasteiger partial charge on any atom is -0.464 e. The molecule has 130 valence electrons. The predicted molar refractivity (Wildman–Crippen MR) is 95.4 cm³/mol. The van der Waals surface area contributed by atoms with Gasteiger partial charge in [-0.2, -0.15) is 0 Å². The zero-order chi connectivity index (χ0) is 18.4. The molecule has 0 spiro atoms. The Balaban J connectivity index is 2.51. The summed E-state index contributed by atoms with van der Waals surface area (Å²) in [6.45, 7) is 1.64. The smallest absolute Gasteiger partial charge is 0.355 e. The van der Waals surface area contributed by atoms with Crippen LogP contribution in [0.2, 0.25) is 0 Å². The predicted octanol–water partition coefficient (Wildman–Crippen LogP) is 2.42. The quantitative estimate of drug-likeness (QED) is 0.650. The molecule has 0 fully saturated rings. The number of fused-ring (bicyclic) bond motifs is 1. The fraction of sp³-hybridized carbons (Fsp3) is 0.125. The van der Waals surface area contributed by atoms with Gasteiger partial charge in [0.15, 0.2) is 0 Å². The third-order valence-electron chi connectivity index (χ3n) is 3.77. The van der Waals surface area contributed by atoms with Crippen molar-refractivity contribution >= 4 is 42.8 Å². The maximum atomic E-state index is 13.2. The van der Waals surface area contributed by atoms with Gasteiger partial charge < -0.3 is 9.72 Å². The molecule has 2 heterocycles. The third-order valence-corrected chi connectivity index (χ3v) is 6.30. The van der Waals surface area contributed by atoms with E-state index in [1.54, 1.807) is 25.1 Å². The number of ether oxygens (including phenoxy) is 1. The zero-order valence-corrected chi connectivity index (χ0v) is 15.6. The van der Waals surface area contributed by atoms with Gasteiger partial charge in [-0.15, -0.1) is 0 Å². The van der Waals surface area contributed by atoms with Crippen LogP contribution in [0.25, 0.3) is 10.9 Å². The Morgan fingerprint density at radius 3 is 2.60 bits per heavy atom. The Kier molecular flexibility index (Phi) is 4.29. The monoisotopic (exact) mass is 424 g/mol. The number of hydrogen-bond acceptors (Lipinski definition) is 5. The lowest BCUT2D eigenvalue weighted by molar-refractivity contribution is 0.0593. The summed E-state index contributed by atoms with van der Waals surface area (Å²) >= 11 is 3.26. The summed E-state index contributed by atoms with van der Waals surface area (Å²) in [4.78, 5) is 26.9. The number of benzene rings is 1. The van der Waals surface area contributed by atoms with Gasteiger partial charge in [0, 0.05) is 16.1 Å². The molecule has 0 aliphatic heterocycles. The van der Waals surface area contributed by atoms with Crippen molar-refractivity contribution in [3.05, 3.63) is 62.6 Å². The molecule has 1 aromatic carbocycles. The maximum absolute atomic E-state index is 13.2. The van der Waals surface area contributed by atoms with Crippen molar-refractivity contribution in [2.45, 2.75) is 11.8 Å². The van der Waals surface area contributed by atoms with Crippen molar-refractivity contribution in [2.75, 3.05) is 7.11 Å². The normalized spacial score (nSPS) is 11.6. The first-order chi connectivity index (χ1) is 11.8. The largest absolute Gasteiger partial charge is 0.464 e. The number of rotatable bonds is 3. The average molecular weight is 425 g/mol. The first kappa shape index (κ1) is 17.4. The minimum absolute atomic E-state index is 0.00275. The highest BCUT2D eigenvalue weighted by Crippen LogP contribution is 2.29. The van der Waals surface area contributed by atoms with E-state index < -0.39 is 21.6 Å². The standard InChI is InChI=1S/C16H13BrN2O5S/c1-9-5-3-4-6-13(9)25(22,23)19-12(16(21)24-2)7-10-11(17)8-18-15(20)14(10)19/h3-8H,1-2H3,(H,18,20). The first-order valence-electron chi connectivity index (χ1n) is 7.11. The summed E-state index contributed by atoms with van der Waals surface area (Å²) in [5, 5.41) is 0.293. The van der Waals surface area contributed by atoms with Crippen LogP contribution in [-0.2, 0) is 14.8 Å². The molecule has 25 heavy (non-hydrogen) atoms.